The molecule has 0 atom stereocenters. The van der Waals surface area contributed by atoms with Crippen molar-refractivity contribution < 1.29 is 18.0 Å². The Morgan fingerprint density at radius 1 is 1.26 bits per heavy atom. The molecule has 2 aromatic rings. The van der Waals surface area contributed by atoms with E-state index in [1.54, 1.807) is 11.4 Å². The van der Waals surface area contributed by atoms with Crippen molar-refractivity contribution in [1.82, 2.24) is 0 Å². The van der Waals surface area contributed by atoms with Crippen LogP contribution < -0.4 is 11.1 Å². The highest BCUT2D eigenvalue weighted by Crippen LogP contribution is 2.21. The number of primary amides is 1. The van der Waals surface area contributed by atoms with Crippen LogP contribution in [0.5, 0.6) is 0 Å². The number of nitrogens with two attached hydrogens (primary N) is 1. The average Bonchev–Trinajstić information content (AvgIpc) is 2.84. The van der Waals surface area contributed by atoms with Gasteiger partial charge in [0.2, 0.25) is 5.91 Å². The first kappa shape index (κ1) is 13.4. The number of halogens is 3. The van der Waals surface area contributed by atoms with Crippen molar-refractivity contribution >= 4 is 22.9 Å². The quantitative estimate of drug-likeness (QED) is 0.849. The van der Waals surface area contributed by atoms with Gasteiger partial charge in [0.05, 0.1) is 11.3 Å². The summed E-state index contributed by atoms with van der Waals surface area (Å²) in [6.45, 7) is 0.180. The third-order valence-corrected chi connectivity index (χ3v) is 3.36. The van der Waals surface area contributed by atoms with E-state index in [1.165, 1.54) is 11.3 Å². The van der Waals surface area contributed by atoms with Gasteiger partial charge in [-0.3, -0.25) is 4.79 Å². The standard InChI is InChI=1S/C12H9F3N2OS/c13-8-1-2-9(11(15)10(8)14)17-4-7-3-6(5-19-7)12(16)18/h1-3,5,17H,4H2,(H2,16,18). The van der Waals surface area contributed by atoms with E-state index in [0.717, 1.165) is 17.0 Å². The fourth-order valence-corrected chi connectivity index (χ4v) is 2.26. The lowest BCUT2D eigenvalue weighted by Gasteiger charge is -2.06. The van der Waals surface area contributed by atoms with Gasteiger partial charge in [0.1, 0.15) is 0 Å². The maximum atomic E-state index is 13.4. The number of anilines is 1. The molecule has 0 aliphatic rings. The molecule has 7 heteroatoms. The predicted octanol–water partition coefficient (Wildman–Crippen LogP) is 2.88. The third kappa shape index (κ3) is 2.87. The molecule has 1 aromatic carbocycles. The van der Waals surface area contributed by atoms with E-state index >= 15 is 0 Å². The monoisotopic (exact) mass is 286 g/mol. The van der Waals surface area contributed by atoms with E-state index in [1.807, 2.05) is 0 Å². The minimum atomic E-state index is -1.52. The molecule has 0 radical (unpaired) electrons. The van der Waals surface area contributed by atoms with Crippen molar-refractivity contribution in [1.29, 1.82) is 0 Å². The van der Waals surface area contributed by atoms with E-state index in [9.17, 15) is 18.0 Å². The minimum absolute atomic E-state index is 0.145. The number of benzene rings is 1. The first-order valence-electron chi connectivity index (χ1n) is 5.23. The van der Waals surface area contributed by atoms with Crippen molar-refractivity contribution in [3.05, 3.63) is 51.5 Å². The van der Waals surface area contributed by atoms with Gasteiger partial charge in [-0.1, -0.05) is 0 Å². The molecule has 100 valence electrons. The van der Waals surface area contributed by atoms with Gasteiger partial charge in [-0.05, 0) is 18.2 Å². The molecule has 0 spiro atoms. The zero-order valence-electron chi connectivity index (χ0n) is 9.54. The SMILES string of the molecule is NC(=O)c1csc(CNc2ccc(F)c(F)c2F)c1. The van der Waals surface area contributed by atoms with E-state index in [2.05, 4.69) is 5.32 Å². The number of hydrogen-bond donors (Lipinski definition) is 2. The molecule has 0 saturated carbocycles. The van der Waals surface area contributed by atoms with Crippen LogP contribution in [0.1, 0.15) is 15.2 Å². The van der Waals surface area contributed by atoms with Gasteiger partial charge >= 0.3 is 0 Å². The molecule has 3 nitrogen and oxygen atoms in total. The molecule has 0 aliphatic carbocycles. The Bertz CT molecular complexity index is 627. The molecule has 3 N–H and O–H groups in total. The number of amides is 1. The molecule has 1 heterocycles. The number of rotatable bonds is 4. The van der Waals surface area contributed by atoms with Gasteiger partial charge in [-0.25, -0.2) is 13.2 Å². The van der Waals surface area contributed by atoms with E-state index < -0.39 is 23.4 Å². The third-order valence-electron chi connectivity index (χ3n) is 2.43. The lowest BCUT2D eigenvalue weighted by atomic mass is 10.2. The fraction of sp³-hybridized carbons (Fsp3) is 0.0833. The number of nitrogens with one attached hydrogen (secondary N) is 1. The van der Waals surface area contributed by atoms with Crippen LogP contribution in [-0.4, -0.2) is 5.91 Å². The Balaban J connectivity index is 2.10. The normalized spacial score (nSPS) is 10.5. The number of carbonyl (C=O) groups is 1. The van der Waals surface area contributed by atoms with Crippen molar-refractivity contribution in [2.75, 3.05) is 5.32 Å². The summed E-state index contributed by atoms with van der Waals surface area (Å²) in [5.74, 6) is -4.59. The van der Waals surface area contributed by atoms with Gasteiger partial charge in [0.15, 0.2) is 17.5 Å². The van der Waals surface area contributed by atoms with Crippen molar-refractivity contribution in [2.24, 2.45) is 5.73 Å². The lowest BCUT2D eigenvalue weighted by molar-refractivity contribution is 0.100. The van der Waals surface area contributed by atoms with E-state index in [0.29, 0.717) is 5.56 Å². The van der Waals surface area contributed by atoms with Crippen LogP contribution in [0.4, 0.5) is 18.9 Å². The lowest BCUT2D eigenvalue weighted by Crippen LogP contribution is -2.09. The summed E-state index contributed by atoms with van der Waals surface area (Å²) < 4.78 is 39.1. The maximum Gasteiger partial charge on any atom is 0.249 e. The minimum Gasteiger partial charge on any atom is -0.378 e. The first-order valence-corrected chi connectivity index (χ1v) is 6.11. The Labute approximate surface area is 110 Å². The van der Waals surface area contributed by atoms with Crippen LogP contribution in [0.3, 0.4) is 0 Å². The highest BCUT2D eigenvalue weighted by atomic mass is 32.1. The fourth-order valence-electron chi connectivity index (χ4n) is 1.45. The van der Waals surface area contributed by atoms with Crippen LogP contribution in [0.2, 0.25) is 0 Å². The molecule has 0 aliphatic heterocycles. The summed E-state index contributed by atoms with van der Waals surface area (Å²) in [6.07, 6.45) is 0. The predicted molar refractivity (Wildman–Crippen MR) is 66.5 cm³/mol. The van der Waals surface area contributed by atoms with E-state index in [-0.39, 0.29) is 12.2 Å². The Kier molecular flexibility index (Phi) is 3.75. The number of thiophene rings is 1. The summed E-state index contributed by atoms with van der Waals surface area (Å²) >= 11 is 1.26. The zero-order valence-corrected chi connectivity index (χ0v) is 10.4. The summed E-state index contributed by atoms with van der Waals surface area (Å²) in [6, 6.07) is 3.50. The number of carbonyl (C=O) groups excluding carboxylic acids is 1. The van der Waals surface area contributed by atoms with Crippen molar-refractivity contribution in [3.63, 3.8) is 0 Å². The summed E-state index contributed by atoms with van der Waals surface area (Å²) in [5.41, 5.74) is 5.30. The van der Waals surface area contributed by atoms with Crippen LogP contribution in [0.25, 0.3) is 0 Å². The topological polar surface area (TPSA) is 55.1 Å². The molecule has 2 rings (SSSR count). The molecule has 0 saturated heterocycles. The van der Waals surface area contributed by atoms with Crippen LogP contribution in [0.15, 0.2) is 23.6 Å². The Hall–Kier alpha value is -2.02. The molecule has 0 bridgehead atoms. The van der Waals surface area contributed by atoms with Gasteiger partial charge in [0.25, 0.3) is 0 Å². The molecule has 1 amide bonds. The number of hydrogen-bond acceptors (Lipinski definition) is 3. The summed E-state index contributed by atoms with van der Waals surface area (Å²) in [5, 5.41) is 4.20. The Morgan fingerprint density at radius 2 is 2.00 bits per heavy atom. The second-order valence-electron chi connectivity index (χ2n) is 3.74. The average molecular weight is 286 g/mol. The van der Waals surface area contributed by atoms with Crippen molar-refractivity contribution in [3.8, 4) is 0 Å². The summed E-state index contributed by atoms with van der Waals surface area (Å²) in [7, 11) is 0. The summed E-state index contributed by atoms with van der Waals surface area (Å²) in [4.78, 5) is 11.6. The second-order valence-corrected chi connectivity index (χ2v) is 4.74. The first-order chi connectivity index (χ1) is 8.99. The highest BCUT2D eigenvalue weighted by molar-refractivity contribution is 7.10. The van der Waals surface area contributed by atoms with Crippen LogP contribution in [0, 0.1) is 17.5 Å². The van der Waals surface area contributed by atoms with Gasteiger partial charge in [-0.2, -0.15) is 0 Å². The molecule has 0 fully saturated rings. The Morgan fingerprint density at radius 3 is 2.63 bits per heavy atom. The molecular formula is C12H9F3N2OS. The second kappa shape index (κ2) is 5.31. The van der Waals surface area contributed by atoms with E-state index in [4.69, 9.17) is 5.73 Å². The van der Waals surface area contributed by atoms with Crippen LogP contribution >= 0.6 is 11.3 Å². The van der Waals surface area contributed by atoms with Gasteiger partial charge in [-0.15, -0.1) is 11.3 Å². The maximum absolute atomic E-state index is 13.4. The van der Waals surface area contributed by atoms with Crippen LogP contribution in [-0.2, 0) is 6.54 Å². The largest absolute Gasteiger partial charge is 0.378 e. The smallest absolute Gasteiger partial charge is 0.249 e. The van der Waals surface area contributed by atoms with Gasteiger partial charge < -0.3 is 11.1 Å². The molecule has 19 heavy (non-hydrogen) atoms. The zero-order chi connectivity index (χ0) is 14.0. The van der Waals surface area contributed by atoms with Crippen molar-refractivity contribution in [2.45, 2.75) is 6.54 Å². The molecule has 0 unspecified atom stereocenters. The molecule has 1 aromatic heterocycles. The molecular weight excluding hydrogens is 277 g/mol. The van der Waals surface area contributed by atoms with Gasteiger partial charge in [0, 0.05) is 16.8 Å². The highest BCUT2D eigenvalue weighted by Gasteiger charge is 2.13.